The van der Waals surface area contributed by atoms with E-state index in [-0.39, 0.29) is 10.6 Å². The number of amides is 2. The van der Waals surface area contributed by atoms with Crippen molar-refractivity contribution in [2.45, 2.75) is 61.7 Å². The van der Waals surface area contributed by atoms with Crippen LogP contribution >= 0.6 is 0 Å². The molecule has 2 amide bonds. The summed E-state index contributed by atoms with van der Waals surface area (Å²) in [6.07, 6.45) is -3.25. The minimum Gasteiger partial charge on any atom is -0.475 e. The van der Waals surface area contributed by atoms with E-state index in [2.05, 4.69) is 20.4 Å². The van der Waals surface area contributed by atoms with E-state index >= 15 is 0 Å². The number of hydrogen-bond donors (Lipinski definition) is 4. The van der Waals surface area contributed by atoms with Crippen LogP contribution in [-0.4, -0.2) is 73.1 Å². The number of carbonyl (C=O) groups is 3. The molecule has 5 rings (SSSR count). The lowest BCUT2D eigenvalue weighted by Crippen LogP contribution is -2.38. The number of rotatable bonds is 10. The van der Waals surface area contributed by atoms with Gasteiger partial charge in [-0.25, -0.2) is 23.0 Å². The molecule has 3 aromatic carbocycles. The number of hydrogen-bond acceptors (Lipinski definition) is 10. The van der Waals surface area contributed by atoms with E-state index < -0.39 is 57.9 Å². The highest BCUT2D eigenvalue weighted by molar-refractivity contribution is 7.92. The Bertz CT molecular complexity index is 2120. The van der Waals surface area contributed by atoms with Crippen LogP contribution in [0.2, 0.25) is 0 Å². The van der Waals surface area contributed by atoms with Crippen LogP contribution in [0.1, 0.15) is 49.9 Å². The number of carboxylic acids is 1. The molecule has 1 aliphatic heterocycles. The van der Waals surface area contributed by atoms with Crippen molar-refractivity contribution >= 4 is 55.8 Å². The van der Waals surface area contributed by atoms with Crippen molar-refractivity contribution in [1.29, 1.82) is 0 Å². The molecule has 0 saturated carbocycles. The maximum absolute atomic E-state index is 14.6. The summed E-state index contributed by atoms with van der Waals surface area (Å²) in [5.41, 5.74) is 7.56. The number of pyridine rings is 1. The summed E-state index contributed by atoms with van der Waals surface area (Å²) < 4.78 is 94.4. The Morgan fingerprint density at radius 2 is 1.70 bits per heavy atom. The highest BCUT2D eigenvalue weighted by Crippen LogP contribution is 2.40. The van der Waals surface area contributed by atoms with Crippen molar-refractivity contribution in [3.05, 3.63) is 84.1 Å². The Morgan fingerprint density at radius 1 is 1.02 bits per heavy atom. The topological polar surface area (TPSA) is 190 Å². The number of aromatic nitrogens is 1. The number of nitrogens with one attached hydrogen (secondary N) is 2. The van der Waals surface area contributed by atoms with Crippen molar-refractivity contribution in [2.75, 3.05) is 30.0 Å². The second-order valence-corrected chi connectivity index (χ2v) is 14.6. The fourth-order valence-corrected chi connectivity index (χ4v) is 6.99. The van der Waals surface area contributed by atoms with Crippen molar-refractivity contribution in [3.63, 3.8) is 0 Å². The predicted octanol–water partition coefficient (Wildman–Crippen LogP) is 6.93. The van der Waals surface area contributed by atoms with Crippen LogP contribution < -0.4 is 21.1 Å². The lowest BCUT2D eigenvalue weighted by molar-refractivity contribution is -0.192. The van der Waals surface area contributed by atoms with Crippen LogP contribution in [0.3, 0.4) is 0 Å². The third-order valence-electron chi connectivity index (χ3n) is 8.28. The van der Waals surface area contributed by atoms with E-state index in [9.17, 15) is 40.0 Å². The average Bonchev–Trinajstić information content (AvgIpc) is 3.60. The maximum atomic E-state index is 14.6. The molecule has 0 spiro atoms. The number of carboxylic acid groups (broad SMARTS) is 1. The predicted molar refractivity (Wildman–Crippen MR) is 188 cm³/mol. The van der Waals surface area contributed by atoms with E-state index in [0.717, 1.165) is 5.39 Å². The van der Waals surface area contributed by atoms with Gasteiger partial charge < -0.3 is 30.5 Å². The molecule has 1 aliphatic rings. The number of aliphatic carboxylic acids is 1. The van der Waals surface area contributed by atoms with Crippen LogP contribution in [0.4, 0.5) is 43.9 Å². The average molecular weight is 782 g/mol. The number of halogens is 5. The van der Waals surface area contributed by atoms with Crippen molar-refractivity contribution < 1.29 is 59.3 Å². The van der Waals surface area contributed by atoms with Gasteiger partial charge in [0.1, 0.15) is 17.6 Å². The van der Waals surface area contributed by atoms with Gasteiger partial charge in [0.25, 0.3) is 0 Å². The summed E-state index contributed by atoms with van der Waals surface area (Å²) in [6, 6.07) is 15.6. The van der Waals surface area contributed by atoms with Crippen molar-refractivity contribution in [1.82, 2.24) is 9.88 Å². The van der Waals surface area contributed by atoms with Crippen LogP contribution in [0.15, 0.2) is 77.8 Å². The van der Waals surface area contributed by atoms with E-state index in [4.69, 9.17) is 20.4 Å². The Labute approximate surface area is 306 Å². The highest BCUT2D eigenvalue weighted by atomic mass is 32.2. The minimum atomic E-state index is -5.08. The normalized spacial score (nSPS) is 15.0. The van der Waals surface area contributed by atoms with Gasteiger partial charge in [-0.3, -0.25) is 10.1 Å². The molecule has 13 nitrogen and oxygen atoms in total. The zero-order chi connectivity index (χ0) is 40.0. The lowest BCUT2D eigenvalue weighted by Gasteiger charge is -2.32. The smallest absolute Gasteiger partial charge is 0.475 e. The van der Waals surface area contributed by atoms with Crippen molar-refractivity contribution in [3.8, 4) is 5.75 Å². The monoisotopic (exact) mass is 781 g/mol. The molecule has 1 aromatic heterocycles. The lowest BCUT2D eigenvalue weighted by atomic mass is 10.0. The highest BCUT2D eigenvalue weighted by Gasteiger charge is 2.39. The number of nitrogens with zero attached hydrogens (tertiary/aromatic N) is 2. The largest absolute Gasteiger partial charge is 0.490 e. The Balaban J connectivity index is 0.000000845. The number of sulfone groups is 1. The molecule has 290 valence electrons. The number of methoxy groups -OCH3 is 1. The number of likely N-dealkylation sites (tertiary alicyclic amines) is 1. The molecule has 4 aromatic rings. The van der Waals surface area contributed by atoms with E-state index in [0.29, 0.717) is 53.1 Å². The summed E-state index contributed by atoms with van der Waals surface area (Å²) in [4.78, 5) is 41.2. The summed E-state index contributed by atoms with van der Waals surface area (Å²) >= 11 is 0. The van der Waals surface area contributed by atoms with Crippen LogP contribution in [0.5, 0.6) is 5.75 Å². The molecule has 0 unspecified atom stereocenters. The molecule has 2 atom stereocenters. The van der Waals surface area contributed by atoms with Gasteiger partial charge in [0.15, 0.2) is 9.84 Å². The first-order valence-electron chi connectivity index (χ1n) is 16.1. The van der Waals surface area contributed by atoms with E-state index in [1.54, 1.807) is 61.3 Å². The molecule has 54 heavy (non-hydrogen) atoms. The van der Waals surface area contributed by atoms with Gasteiger partial charge in [-0.2, -0.15) is 22.0 Å². The molecular formula is C35H36F5N5O8S. The molecule has 1 saturated heterocycles. The van der Waals surface area contributed by atoms with E-state index in [1.807, 2.05) is 0 Å². The second kappa shape index (κ2) is 17.0. The van der Waals surface area contributed by atoms with Gasteiger partial charge in [-0.05, 0) is 97.8 Å². The van der Waals surface area contributed by atoms with E-state index in [1.165, 1.54) is 37.4 Å². The number of nitrogens with two attached hydrogens (primary N) is 1. The first kappa shape index (κ1) is 41.0. The van der Waals surface area contributed by atoms with Gasteiger partial charge in [0.2, 0.25) is 5.91 Å². The number of alkyl halides is 5. The Hall–Kier alpha value is -5.72. The summed E-state index contributed by atoms with van der Waals surface area (Å²) in [6.45, 7) is 0.366. The summed E-state index contributed by atoms with van der Waals surface area (Å²) in [5.74, 6) is -2.96. The quantitative estimate of drug-likeness (QED) is 0.122. The molecule has 0 aliphatic carbocycles. The first-order valence-corrected chi connectivity index (χ1v) is 17.7. The first-order chi connectivity index (χ1) is 25.3. The number of nitrogen functional groups attached to an aromatic ring is 1. The second-order valence-electron chi connectivity index (χ2n) is 12.1. The SMILES string of the molecule is COC(=O)Nc1ccc(S(=O)(=O)C(C)C)c([C@H]2CCCN2C(=O)[C@H](Nc2ccc3c(N)nccc3c2)c2cccc(OC(F)F)c2)c1.O=C(O)C(F)(F)F. The van der Waals surface area contributed by atoms with Gasteiger partial charge in [-0.1, -0.05) is 12.1 Å². The van der Waals surface area contributed by atoms with Gasteiger partial charge in [-0.15, -0.1) is 0 Å². The molecule has 19 heteroatoms. The standard InChI is InChI=1S/C33H35F2N5O6S.C2HF3O2/c1-19(2)47(43,44)28-12-10-23(39-33(42)45-3)18-26(28)27-8-5-15-40(27)31(41)29(21-6-4-7-24(17-21)46-32(34)35)38-22-9-11-25-20(16-22)13-14-37-30(25)36;3-2(4,5)1(6)7/h4,6-7,9-14,16-19,27,29,32,38H,5,8,15H2,1-3H3,(H2,36,37)(H,39,42);(H,6,7)/t27-,29-;/m1./s1. The van der Waals surface area contributed by atoms with Gasteiger partial charge in [0.05, 0.1) is 23.3 Å². The molecule has 2 heterocycles. The van der Waals surface area contributed by atoms with Crippen molar-refractivity contribution in [2.24, 2.45) is 0 Å². The van der Waals surface area contributed by atoms with Crippen LogP contribution in [0.25, 0.3) is 10.8 Å². The number of benzene rings is 3. The molecule has 0 bridgehead atoms. The Morgan fingerprint density at radius 3 is 2.33 bits per heavy atom. The Kier molecular flexibility index (Phi) is 12.9. The summed E-state index contributed by atoms with van der Waals surface area (Å²) in [7, 11) is -2.60. The number of anilines is 3. The number of carbonyl (C=O) groups excluding carboxylic acids is 2. The van der Waals surface area contributed by atoms with Crippen LogP contribution in [0, 0.1) is 0 Å². The number of fused-ring (bicyclic) bond motifs is 1. The third-order valence-corrected chi connectivity index (χ3v) is 10.5. The van der Waals surface area contributed by atoms with Gasteiger partial charge in [0, 0.05) is 29.5 Å². The zero-order valence-electron chi connectivity index (χ0n) is 28.9. The minimum absolute atomic E-state index is 0.0465. The molecule has 5 N–H and O–H groups in total. The third kappa shape index (κ3) is 9.82. The summed E-state index contributed by atoms with van der Waals surface area (Å²) in [5, 5.41) is 13.7. The molecule has 0 radical (unpaired) electrons. The molecular weight excluding hydrogens is 745 g/mol. The fourth-order valence-electron chi connectivity index (χ4n) is 5.70. The van der Waals surface area contributed by atoms with Gasteiger partial charge >= 0.3 is 24.9 Å². The number of ether oxygens (including phenoxy) is 2. The maximum Gasteiger partial charge on any atom is 0.490 e. The molecule has 1 fully saturated rings. The fraction of sp³-hybridized carbons (Fsp3) is 0.314. The zero-order valence-corrected chi connectivity index (χ0v) is 29.8. The van der Waals surface area contributed by atoms with Crippen LogP contribution in [-0.2, 0) is 24.2 Å².